The van der Waals surface area contributed by atoms with E-state index in [4.69, 9.17) is 10.00 Å². The molecule has 1 aromatic heterocycles. The molecule has 0 aliphatic heterocycles. The summed E-state index contributed by atoms with van der Waals surface area (Å²) < 4.78 is 48.0. The molecule has 0 saturated heterocycles. The highest BCUT2D eigenvalue weighted by Gasteiger charge is 2.29. The molecule has 10 heteroatoms. The van der Waals surface area contributed by atoms with Crippen LogP contribution in [0.1, 0.15) is 29.4 Å². The zero-order valence-electron chi connectivity index (χ0n) is 15.9. The summed E-state index contributed by atoms with van der Waals surface area (Å²) in [5.74, 6) is -1.61. The van der Waals surface area contributed by atoms with E-state index in [2.05, 4.69) is 23.0 Å². The lowest BCUT2D eigenvalue weighted by molar-refractivity contribution is 0.101. The maximum atomic E-state index is 13.5. The van der Waals surface area contributed by atoms with Crippen LogP contribution >= 0.6 is 0 Å². The highest BCUT2D eigenvalue weighted by Crippen LogP contribution is 2.32. The van der Waals surface area contributed by atoms with Gasteiger partial charge in [0.1, 0.15) is 16.8 Å². The minimum atomic E-state index is -4.13. The fraction of sp³-hybridized carbons (Fsp3) is 0.211. The van der Waals surface area contributed by atoms with Gasteiger partial charge in [0.25, 0.3) is 15.9 Å². The maximum absolute atomic E-state index is 13.5. The molecule has 0 saturated carbocycles. The van der Waals surface area contributed by atoms with Crippen molar-refractivity contribution >= 4 is 28.3 Å². The number of nitrogens with zero attached hydrogens (tertiary/aromatic N) is 3. The van der Waals surface area contributed by atoms with E-state index in [9.17, 15) is 17.6 Å². The number of carbonyl (C=O) groups excluding carboxylic acids is 1. The van der Waals surface area contributed by atoms with Crippen LogP contribution in [0.25, 0.3) is 0 Å². The largest absolute Gasteiger partial charge is 0.489 e. The molecule has 2 aromatic rings. The van der Waals surface area contributed by atoms with Gasteiger partial charge in [0.15, 0.2) is 11.4 Å². The van der Waals surface area contributed by atoms with E-state index in [0.29, 0.717) is 6.42 Å². The van der Waals surface area contributed by atoms with Crippen molar-refractivity contribution in [3.63, 3.8) is 0 Å². The smallest absolute Gasteiger partial charge is 0.286 e. The first-order chi connectivity index (χ1) is 13.6. The van der Waals surface area contributed by atoms with Crippen molar-refractivity contribution in [1.29, 1.82) is 5.26 Å². The molecule has 152 valence electrons. The van der Waals surface area contributed by atoms with Crippen molar-refractivity contribution in [3.05, 3.63) is 53.6 Å². The molecule has 0 bridgehead atoms. The number of carbonyl (C=O) groups is 1. The normalized spacial score (nSPS) is 10.8. The second-order valence-corrected chi connectivity index (χ2v) is 7.85. The molecule has 2 rings (SSSR count). The summed E-state index contributed by atoms with van der Waals surface area (Å²) in [7, 11) is -2.66. The van der Waals surface area contributed by atoms with E-state index in [1.165, 1.54) is 29.9 Å². The lowest BCUT2D eigenvalue weighted by Crippen LogP contribution is -2.17. The Balaban J connectivity index is 2.47. The third-order valence-electron chi connectivity index (χ3n) is 3.89. The number of amides is 1. The minimum Gasteiger partial charge on any atom is -0.489 e. The minimum absolute atomic E-state index is 0.0863. The summed E-state index contributed by atoms with van der Waals surface area (Å²) in [5.41, 5.74) is 0.644. The monoisotopic (exact) mass is 418 g/mol. The zero-order valence-corrected chi connectivity index (χ0v) is 16.7. The molecule has 1 aromatic carbocycles. The predicted octanol–water partition coefficient (Wildman–Crippen LogP) is 3.02. The molecule has 0 aliphatic rings. The van der Waals surface area contributed by atoms with Gasteiger partial charge >= 0.3 is 0 Å². The van der Waals surface area contributed by atoms with Crippen LogP contribution in [-0.4, -0.2) is 32.2 Å². The van der Waals surface area contributed by atoms with Gasteiger partial charge in [-0.2, -0.15) is 18.1 Å². The molecule has 1 amide bonds. The van der Waals surface area contributed by atoms with Crippen molar-refractivity contribution in [2.45, 2.75) is 18.2 Å². The number of hydrogen-bond acceptors (Lipinski definition) is 5. The fourth-order valence-corrected chi connectivity index (χ4v) is 3.26. The first-order valence-corrected chi connectivity index (χ1v) is 9.75. The van der Waals surface area contributed by atoms with E-state index in [0.717, 1.165) is 11.6 Å². The van der Waals surface area contributed by atoms with Gasteiger partial charge in [-0.25, -0.2) is 4.39 Å². The number of nitriles is 1. The molecular weight excluding hydrogens is 399 g/mol. The Hall–Kier alpha value is -3.45. The Morgan fingerprint density at radius 1 is 1.45 bits per heavy atom. The van der Waals surface area contributed by atoms with E-state index in [1.54, 1.807) is 13.0 Å². The van der Waals surface area contributed by atoms with Gasteiger partial charge in [-0.1, -0.05) is 5.57 Å². The van der Waals surface area contributed by atoms with Crippen molar-refractivity contribution in [1.82, 2.24) is 4.57 Å². The number of benzene rings is 1. The number of sulfonamides is 1. The van der Waals surface area contributed by atoms with E-state index < -0.39 is 21.7 Å². The van der Waals surface area contributed by atoms with Crippen LogP contribution in [0.3, 0.4) is 0 Å². The predicted molar refractivity (Wildman–Crippen MR) is 106 cm³/mol. The quantitative estimate of drug-likeness (QED) is 0.523. The topological polar surface area (TPSA) is 114 Å². The molecule has 0 atom stereocenters. The summed E-state index contributed by atoms with van der Waals surface area (Å²) in [4.78, 5) is 12.5. The number of hydrogen-bond donors (Lipinski definition) is 1. The van der Waals surface area contributed by atoms with Gasteiger partial charge in [-0.15, -0.1) is 6.58 Å². The van der Waals surface area contributed by atoms with Gasteiger partial charge in [0.05, 0.1) is 12.2 Å². The average Bonchev–Trinajstić information content (AvgIpc) is 3.00. The number of ether oxygens (including phenoxy) is 1. The van der Waals surface area contributed by atoms with Crippen LogP contribution in [-0.2, 0) is 17.1 Å². The van der Waals surface area contributed by atoms with Crippen LogP contribution in [0, 0.1) is 17.1 Å². The number of aromatic nitrogens is 1. The van der Waals surface area contributed by atoms with Gasteiger partial charge in [0, 0.05) is 32.1 Å². The third kappa shape index (κ3) is 4.89. The Morgan fingerprint density at radius 3 is 2.72 bits per heavy atom. The molecule has 0 spiro atoms. The first-order valence-electron chi connectivity index (χ1n) is 8.31. The Morgan fingerprint density at radius 2 is 2.14 bits per heavy atom. The van der Waals surface area contributed by atoms with Gasteiger partial charge in [-0.05, 0) is 25.1 Å². The van der Waals surface area contributed by atoms with Gasteiger partial charge in [0.2, 0.25) is 0 Å². The average molecular weight is 418 g/mol. The second kappa shape index (κ2) is 8.70. The number of aryl methyl sites for hydroxylation is 1. The van der Waals surface area contributed by atoms with Crippen molar-refractivity contribution in [3.8, 4) is 11.8 Å². The lowest BCUT2D eigenvalue weighted by atomic mass is 10.2. The zero-order chi connectivity index (χ0) is 21.8. The standard InChI is InChI=1S/C19H19FN4O4S/c1-12(2)7-8-28-18-16(29(26,27)22-3)11-24(4)17(18)19(25)23-14-5-6-15(20)13(9-14)10-21/h5-6,9,11H,1,3,7-8H2,2,4H3,(H,23,25). The van der Waals surface area contributed by atoms with E-state index >= 15 is 0 Å². The first kappa shape index (κ1) is 21.8. The lowest BCUT2D eigenvalue weighted by Gasteiger charge is -2.11. The maximum Gasteiger partial charge on any atom is 0.286 e. The van der Waals surface area contributed by atoms with Crippen LogP contribution in [0.5, 0.6) is 5.75 Å². The summed E-state index contributed by atoms with van der Waals surface area (Å²) in [6.07, 6.45) is 1.64. The number of nitrogens with one attached hydrogen (secondary N) is 1. The molecule has 0 radical (unpaired) electrons. The number of rotatable bonds is 8. The van der Waals surface area contributed by atoms with Crippen molar-refractivity contribution < 1.29 is 22.3 Å². The Bertz CT molecular complexity index is 1130. The van der Waals surface area contributed by atoms with Crippen LogP contribution in [0.15, 0.2) is 45.8 Å². The van der Waals surface area contributed by atoms with Gasteiger partial charge < -0.3 is 14.6 Å². The molecule has 1 heterocycles. The fourth-order valence-electron chi connectivity index (χ4n) is 2.44. The highest BCUT2D eigenvalue weighted by molar-refractivity contribution is 7.90. The Labute approximate surface area is 168 Å². The van der Waals surface area contributed by atoms with E-state index in [1.807, 2.05) is 0 Å². The highest BCUT2D eigenvalue weighted by atomic mass is 32.2. The molecular formula is C19H19FN4O4S. The molecule has 0 aliphatic carbocycles. The summed E-state index contributed by atoms with van der Waals surface area (Å²) in [6, 6.07) is 5.17. The molecule has 8 nitrogen and oxygen atoms in total. The van der Waals surface area contributed by atoms with Crippen LogP contribution in [0.2, 0.25) is 0 Å². The summed E-state index contributed by atoms with van der Waals surface area (Å²) in [6.45, 7) is 8.68. The van der Waals surface area contributed by atoms with Crippen LogP contribution in [0.4, 0.5) is 10.1 Å². The summed E-state index contributed by atoms with van der Waals surface area (Å²) in [5, 5.41) is 11.4. The van der Waals surface area contributed by atoms with Crippen LogP contribution < -0.4 is 10.1 Å². The summed E-state index contributed by atoms with van der Waals surface area (Å²) >= 11 is 0. The SMILES string of the molecule is C=NS(=O)(=O)c1cn(C)c(C(=O)Nc2ccc(F)c(C#N)c2)c1OCCC(=C)C. The second-order valence-electron chi connectivity index (χ2n) is 6.20. The number of anilines is 1. The molecule has 0 unspecified atom stereocenters. The number of halogens is 1. The Kier molecular flexibility index (Phi) is 6.56. The molecule has 29 heavy (non-hydrogen) atoms. The van der Waals surface area contributed by atoms with Gasteiger partial charge in [-0.3, -0.25) is 4.79 Å². The van der Waals surface area contributed by atoms with E-state index in [-0.39, 0.29) is 34.2 Å². The van der Waals surface area contributed by atoms with Crippen molar-refractivity contribution in [2.75, 3.05) is 11.9 Å². The van der Waals surface area contributed by atoms with Crippen molar-refractivity contribution in [2.24, 2.45) is 11.4 Å². The molecule has 0 fully saturated rings. The third-order valence-corrected chi connectivity index (χ3v) is 5.07. The molecule has 1 N–H and O–H groups in total.